The molecular weight excluding hydrogens is 890 g/mol. The number of fused-ring (bicyclic) bond motifs is 1. The summed E-state index contributed by atoms with van der Waals surface area (Å²) in [6.07, 6.45) is 2.70. The fourth-order valence-electron chi connectivity index (χ4n) is 7.82. The summed E-state index contributed by atoms with van der Waals surface area (Å²) in [6, 6.07) is 46.7. The number of hydrogen-bond donors (Lipinski definition) is 1. The zero-order valence-corrected chi connectivity index (χ0v) is 36.4. The number of pyridine rings is 1. The number of para-hydroxylation sites is 1. The average Bonchev–Trinajstić information content (AvgIpc) is 3.61. The monoisotopic (exact) mass is 942 g/mol. The molecule has 8 aromatic rings. The molecule has 0 aliphatic heterocycles. The van der Waals surface area contributed by atoms with Gasteiger partial charge in [0.15, 0.2) is 0 Å². The van der Waals surface area contributed by atoms with E-state index in [0.29, 0.717) is 22.9 Å². The number of phenolic OH excluding ortho intramolecular Hbond substituents is 1. The van der Waals surface area contributed by atoms with Crippen molar-refractivity contribution in [3.8, 4) is 67.5 Å². The van der Waals surface area contributed by atoms with E-state index >= 15 is 0 Å². The molecule has 58 heavy (non-hydrogen) atoms. The third kappa shape index (κ3) is 8.09. The Hall–Kier alpha value is -5.57. The normalized spacial score (nSPS) is 12.6. The largest absolute Gasteiger partial charge is 0.507 e. The molecule has 6 aromatic carbocycles. The maximum Gasteiger partial charge on any atom is 0.148 e. The van der Waals surface area contributed by atoms with Gasteiger partial charge in [-0.3, -0.25) is 9.55 Å². The molecule has 294 valence electrons. The maximum absolute atomic E-state index is 11.7. The minimum atomic E-state index is -2.16. The number of aromatic nitrogens is 3. The van der Waals surface area contributed by atoms with E-state index in [1.807, 2.05) is 56.3 Å². The molecule has 0 fully saturated rings. The first-order valence-electron chi connectivity index (χ1n) is 21.2. The molecule has 0 atom stereocenters. The molecule has 0 aliphatic carbocycles. The van der Waals surface area contributed by atoms with Crippen LogP contribution in [0.25, 0.3) is 72.7 Å². The van der Waals surface area contributed by atoms with E-state index in [4.69, 9.17) is 14.1 Å². The third-order valence-corrected chi connectivity index (χ3v) is 10.7. The summed E-state index contributed by atoms with van der Waals surface area (Å²) in [6.45, 7) is 12.9. The molecule has 0 unspecified atom stereocenters. The van der Waals surface area contributed by atoms with E-state index in [9.17, 15) is 5.11 Å². The Bertz CT molecular complexity index is 2870. The van der Waals surface area contributed by atoms with Crippen LogP contribution in [0.3, 0.4) is 0 Å². The van der Waals surface area contributed by atoms with Crippen molar-refractivity contribution in [1.29, 1.82) is 0 Å². The molecule has 2 heterocycles. The number of nitrogens with zero attached hydrogens (tertiary/aromatic N) is 3. The summed E-state index contributed by atoms with van der Waals surface area (Å²) in [7, 11) is 0. The number of hydrogen-bond acceptors (Lipinski definition) is 3. The van der Waals surface area contributed by atoms with Crippen molar-refractivity contribution in [3.05, 3.63) is 167 Å². The van der Waals surface area contributed by atoms with Crippen LogP contribution in [0.2, 0.25) is 0 Å². The number of aryl methyl sites for hydroxylation is 3. The summed E-state index contributed by atoms with van der Waals surface area (Å²) >= 11 is 0. The Kier molecular flexibility index (Phi) is 10.4. The average molecular weight is 943 g/mol. The summed E-state index contributed by atoms with van der Waals surface area (Å²) in [5, 5.41) is 11.7. The predicted octanol–water partition coefficient (Wildman–Crippen LogP) is 13.7. The van der Waals surface area contributed by atoms with Gasteiger partial charge in [0, 0.05) is 42.8 Å². The molecule has 0 bridgehead atoms. The fraction of sp³-hybridized carbons (Fsp3) is 0.208. The maximum atomic E-state index is 11.7. The quantitative estimate of drug-likeness (QED) is 0.154. The molecule has 0 saturated heterocycles. The Labute approximate surface area is 362 Å². The second kappa shape index (κ2) is 16.4. The van der Waals surface area contributed by atoms with Crippen LogP contribution >= 0.6 is 0 Å². The Balaban J connectivity index is 0.00000561. The number of phenols is 1. The number of benzene rings is 6. The van der Waals surface area contributed by atoms with Gasteiger partial charge in [-0.25, -0.2) is 4.98 Å². The summed E-state index contributed by atoms with van der Waals surface area (Å²) in [5.41, 5.74) is 15.3. The number of rotatable bonds is 8. The first-order valence-corrected chi connectivity index (χ1v) is 19.7. The Morgan fingerprint density at radius 3 is 2.21 bits per heavy atom. The molecule has 1 N–H and O–H groups in total. The van der Waals surface area contributed by atoms with Crippen molar-refractivity contribution in [2.75, 3.05) is 0 Å². The molecule has 0 saturated carbocycles. The SMILES string of the molecule is [2H]C([2H])([2H])c1ccc(-c2ccnc(-c3[c-]c(-c4cccc5c4nc(-c4cc(C)cc(C)c4O)n5-c4ccc(-c5ccccc5)c(CC(C)C)c4)cc(C(C)(C)C)c3)c2)cc1.[Pt]. The summed E-state index contributed by atoms with van der Waals surface area (Å²) in [4.78, 5) is 10.3. The van der Waals surface area contributed by atoms with E-state index in [1.54, 1.807) is 18.3 Å². The first-order chi connectivity index (χ1) is 28.5. The molecule has 0 amide bonds. The summed E-state index contributed by atoms with van der Waals surface area (Å²) in [5.74, 6) is 1.31. The van der Waals surface area contributed by atoms with Gasteiger partial charge in [-0.15, -0.1) is 29.3 Å². The van der Waals surface area contributed by atoms with Gasteiger partial charge in [-0.05, 0) is 108 Å². The van der Waals surface area contributed by atoms with Gasteiger partial charge >= 0.3 is 0 Å². The van der Waals surface area contributed by atoms with Crippen LogP contribution in [0, 0.1) is 32.7 Å². The standard InChI is InChI=1S/C53H50N3O.Pt/c1-33(2)25-40-31-44(21-22-45(40)38-13-10-9-11-14-38)56-49-16-12-15-46(50(49)55-52(56)47-27-35(4)26-36(5)51(47)57)41-28-42(30-43(29-41)53(6,7)8)48-32-39(23-24-54-48)37-19-17-34(3)18-20-37;/h9-24,26-27,29-33,57H,25H2,1-8H3;/q-1;/i3D3;. The van der Waals surface area contributed by atoms with Crippen molar-refractivity contribution < 1.29 is 30.3 Å². The van der Waals surface area contributed by atoms with Gasteiger partial charge in [0.25, 0.3) is 0 Å². The van der Waals surface area contributed by atoms with Crippen molar-refractivity contribution in [1.82, 2.24) is 14.5 Å². The zero-order valence-electron chi connectivity index (χ0n) is 37.1. The van der Waals surface area contributed by atoms with Crippen LogP contribution in [-0.4, -0.2) is 19.6 Å². The predicted molar refractivity (Wildman–Crippen MR) is 238 cm³/mol. The smallest absolute Gasteiger partial charge is 0.148 e. The van der Waals surface area contributed by atoms with Crippen molar-refractivity contribution in [3.63, 3.8) is 0 Å². The van der Waals surface area contributed by atoms with E-state index in [1.165, 1.54) is 16.7 Å². The van der Waals surface area contributed by atoms with E-state index < -0.39 is 6.85 Å². The van der Waals surface area contributed by atoms with Gasteiger partial charge in [-0.1, -0.05) is 136 Å². The second-order valence-corrected chi connectivity index (χ2v) is 16.7. The number of imidazole rings is 1. The van der Waals surface area contributed by atoms with Crippen molar-refractivity contribution >= 4 is 11.0 Å². The molecular formula is C53H50N3OPt-. The van der Waals surface area contributed by atoms with Crippen LogP contribution < -0.4 is 0 Å². The van der Waals surface area contributed by atoms with Gasteiger partial charge in [0.2, 0.25) is 0 Å². The minimum absolute atomic E-state index is 0. The first kappa shape index (κ1) is 36.7. The zero-order chi connectivity index (χ0) is 42.5. The molecule has 4 nitrogen and oxygen atoms in total. The molecule has 8 rings (SSSR count). The number of aromatic hydroxyl groups is 1. The topological polar surface area (TPSA) is 50.9 Å². The molecule has 0 spiro atoms. The van der Waals surface area contributed by atoms with E-state index in [2.05, 4.69) is 118 Å². The van der Waals surface area contributed by atoms with E-state index in [-0.39, 0.29) is 32.2 Å². The van der Waals surface area contributed by atoms with Crippen LogP contribution in [0.15, 0.2) is 134 Å². The van der Waals surface area contributed by atoms with Gasteiger partial charge in [-0.2, -0.15) is 0 Å². The van der Waals surface area contributed by atoms with Gasteiger partial charge in [0.1, 0.15) is 11.6 Å². The van der Waals surface area contributed by atoms with E-state index in [0.717, 1.165) is 73.3 Å². The van der Waals surface area contributed by atoms with Crippen LogP contribution in [0.1, 0.15) is 66.5 Å². The second-order valence-electron chi connectivity index (χ2n) is 16.7. The Morgan fingerprint density at radius 1 is 0.724 bits per heavy atom. The van der Waals surface area contributed by atoms with Crippen molar-refractivity contribution in [2.45, 2.75) is 67.2 Å². The van der Waals surface area contributed by atoms with Crippen molar-refractivity contribution in [2.24, 2.45) is 5.92 Å². The van der Waals surface area contributed by atoms with Crippen LogP contribution in [-0.2, 0) is 32.9 Å². The van der Waals surface area contributed by atoms with Crippen LogP contribution in [0.5, 0.6) is 5.75 Å². The molecule has 2 aromatic heterocycles. The van der Waals surface area contributed by atoms with Gasteiger partial charge in [0.05, 0.1) is 16.6 Å². The third-order valence-electron chi connectivity index (χ3n) is 10.7. The molecule has 0 radical (unpaired) electrons. The van der Waals surface area contributed by atoms with Crippen LogP contribution in [0.4, 0.5) is 0 Å². The Morgan fingerprint density at radius 2 is 1.48 bits per heavy atom. The van der Waals surface area contributed by atoms with Gasteiger partial charge < -0.3 is 5.11 Å². The molecule has 0 aliphatic rings. The summed E-state index contributed by atoms with van der Waals surface area (Å²) < 4.78 is 25.6. The minimum Gasteiger partial charge on any atom is -0.507 e. The molecule has 5 heteroatoms. The fourth-order valence-corrected chi connectivity index (χ4v) is 7.82.